The number of nitrogens with zero attached hydrogens (tertiary/aromatic N) is 3. The van der Waals surface area contributed by atoms with Crippen molar-refractivity contribution in [1.29, 1.82) is 0 Å². The second-order valence-corrected chi connectivity index (χ2v) is 9.45. The molecule has 1 amide bonds. The lowest BCUT2D eigenvalue weighted by Crippen LogP contribution is -2.46. The smallest absolute Gasteiger partial charge is 0.262 e. The highest BCUT2D eigenvalue weighted by atomic mass is 35.5. The fourth-order valence-electron chi connectivity index (χ4n) is 3.12. The van der Waals surface area contributed by atoms with E-state index in [0.717, 1.165) is 12.3 Å². The second-order valence-electron chi connectivity index (χ2n) is 7.06. The summed E-state index contributed by atoms with van der Waals surface area (Å²) in [6.45, 7) is 0. The topological polar surface area (TPSA) is 106 Å². The van der Waals surface area contributed by atoms with Crippen LogP contribution in [-0.2, 0) is 20.8 Å². The molecule has 0 saturated carbocycles. The minimum absolute atomic E-state index is 0.0539. The number of alkyl halides is 6. The van der Waals surface area contributed by atoms with Crippen LogP contribution in [-0.4, -0.2) is 36.7 Å². The van der Waals surface area contributed by atoms with Crippen LogP contribution in [0.1, 0.15) is 5.82 Å². The lowest BCUT2D eigenvalue weighted by molar-refractivity contribution is -0.170. The molecule has 186 valence electrons. The fraction of sp³-hybridized carbons (Fsp3) is 0.150. The quantitative estimate of drug-likeness (QED) is 0.224. The maximum atomic E-state index is 13.2. The number of hydrogen-bond acceptors (Lipinski definition) is 6. The van der Waals surface area contributed by atoms with Gasteiger partial charge >= 0.3 is 18.3 Å². The third kappa shape index (κ3) is 5.55. The summed E-state index contributed by atoms with van der Waals surface area (Å²) in [5, 5.41) is -0.304. The third-order valence-corrected chi connectivity index (χ3v) is 5.98. The molecular weight excluding hydrogens is 526 g/mol. The van der Waals surface area contributed by atoms with Crippen molar-refractivity contribution in [1.82, 2.24) is 9.97 Å². The monoisotopic (exact) mass is 538 g/mol. The van der Waals surface area contributed by atoms with Crippen LogP contribution in [0, 0.1) is 0 Å². The number of halogens is 7. The highest BCUT2D eigenvalue weighted by molar-refractivity contribution is 7.91. The van der Waals surface area contributed by atoms with Crippen LogP contribution in [0.2, 0.25) is 5.02 Å². The van der Waals surface area contributed by atoms with Crippen molar-refractivity contribution in [3.8, 4) is 22.3 Å². The van der Waals surface area contributed by atoms with E-state index in [4.69, 9.17) is 17.4 Å². The van der Waals surface area contributed by atoms with Gasteiger partial charge in [0.2, 0.25) is 5.82 Å². The van der Waals surface area contributed by atoms with E-state index in [1.807, 2.05) is 0 Å². The van der Waals surface area contributed by atoms with E-state index in [0.29, 0.717) is 16.8 Å². The van der Waals surface area contributed by atoms with Crippen LogP contribution < -0.4 is 10.9 Å². The molecule has 0 saturated heterocycles. The molecule has 7 nitrogen and oxygen atoms in total. The number of hydrogen-bond donors (Lipinski definition) is 1. The molecule has 0 aliphatic rings. The molecule has 0 fully saturated rings. The van der Waals surface area contributed by atoms with Crippen molar-refractivity contribution in [2.45, 2.75) is 17.2 Å². The lowest BCUT2D eigenvalue weighted by atomic mass is 9.99. The van der Waals surface area contributed by atoms with Gasteiger partial charge in [-0.05, 0) is 17.7 Å². The predicted octanol–water partition coefficient (Wildman–Crippen LogP) is 4.66. The zero-order valence-electron chi connectivity index (χ0n) is 17.3. The molecule has 0 aliphatic heterocycles. The lowest BCUT2D eigenvalue weighted by Gasteiger charge is -2.22. The molecule has 0 atom stereocenters. The number of sulfone groups is 1. The van der Waals surface area contributed by atoms with Crippen LogP contribution in [0.3, 0.4) is 0 Å². The Morgan fingerprint density at radius 1 is 0.971 bits per heavy atom. The first-order valence-corrected chi connectivity index (χ1v) is 11.5. The summed E-state index contributed by atoms with van der Waals surface area (Å²) < 4.78 is 104. The molecule has 0 radical (unpaired) electrons. The van der Waals surface area contributed by atoms with Gasteiger partial charge in [0.15, 0.2) is 15.7 Å². The summed E-state index contributed by atoms with van der Waals surface area (Å²) in [6.07, 6.45) is -9.54. The fourth-order valence-corrected chi connectivity index (χ4v) is 4.41. The van der Waals surface area contributed by atoms with Crippen LogP contribution >= 0.6 is 11.6 Å². The first-order valence-electron chi connectivity index (χ1n) is 9.21. The molecule has 3 aromatic rings. The standard InChI is InChI=1S/C20H13ClF6N4O3S/c1-35(33,34)15-12(10-5-7-11(21)8-6-10)3-2-4-13(15)14-9-29-17(19(22,23)24)30-16(14)31(28)18(32)20(25,26)27/h2-9H,28H2,1H3. The van der Waals surface area contributed by atoms with Crippen molar-refractivity contribution in [2.75, 3.05) is 11.3 Å². The van der Waals surface area contributed by atoms with Gasteiger partial charge < -0.3 is 0 Å². The van der Waals surface area contributed by atoms with Crippen molar-refractivity contribution in [3.63, 3.8) is 0 Å². The number of anilines is 1. The second kappa shape index (κ2) is 9.09. The minimum Gasteiger partial charge on any atom is -0.262 e. The van der Waals surface area contributed by atoms with Gasteiger partial charge in [0.1, 0.15) is 0 Å². The van der Waals surface area contributed by atoms with Gasteiger partial charge in [0, 0.05) is 34.2 Å². The van der Waals surface area contributed by atoms with Crippen LogP contribution in [0.25, 0.3) is 22.3 Å². The van der Waals surface area contributed by atoms with E-state index >= 15 is 0 Å². The molecule has 1 aromatic heterocycles. The number of carbonyl (C=O) groups excluding carboxylic acids is 1. The number of aromatic nitrogens is 2. The number of nitrogens with two attached hydrogens (primary N) is 1. The Morgan fingerprint density at radius 2 is 1.54 bits per heavy atom. The third-order valence-electron chi connectivity index (χ3n) is 4.54. The summed E-state index contributed by atoms with van der Waals surface area (Å²) in [5.74, 6) is -0.684. The molecule has 1 heterocycles. The van der Waals surface area contributed by atoms with E-state index in [1.165, 1.54) is 36.4 Å². The van der Waals surface area contributed by atoms with Gasteiger partial charge in [0.25, 0.3) is 0 Å². The summed E-state index contributed by atoms with van der Waals surface area (Å²) in [4.78, 5) is 17.4. The highest BCUT2D eigenvalue weighted by Gasteiger charge is 2.44. The van der Waals surface area contributed by atoms with Crippen LogP contribution in [0.5, 0.6) is 0 Å². The van der Waals surface area contributed by atoms with Gasteiger partial charge in [-0.2, -0.15) is 26.3 Å². The number of hydrazine groups is 1. The number of rotatable bonds is 4. The average molecular weight is 539 g/mol. The van der Waals surface area contributed by atoms with Crippen LogP contribution in [0.4, 0.5) is 32.2 Å². The van der Waals surface area contributed by atoms with E-state index in [-0.39, 0.29) is 11.1 Å². The Morgan fingerprint density at radius 3 is 2.06 bits per heavy atom. The molecule has 0 aliphatic carbocycles. The summed E-state index contributed by atoms with van der Waals surface area (Å²) in [6, 6.07) is 9.61. The zero-order valence-corrected chi connectivity index (χ0v) is 18.9. The molecule has 2 aromatic carbocycles. The summed E-state index contributed by atoms with van der Waals surface area (Å²) in [7, 11) is -4.18. The Hall–Kier alpha value is -3.23. The van der Waals surface area contributed by atoms with Gasteiger partial charge in [-0.1, -0.05) is 41.9 Å². The largest absolute Gasteiger partial charge is 0.473 e. The maximum Gasteiger partial charge on any atom is 0.473 e. The molecule has 2 N–H and O–H groups in total. The highest BCUT2D eigenvalue weighted by Crippen LogP contribution is 2.40. The van der Waals surface area contributed by atoms with Gasteiger partial charge in [-0.15, -0.1) is 0 Å². The normalized spacial score (nSPS) is 12.5. The number of amides is 1. The molecular formula is C20H13ClF6N4O3S. The molecule has 15 heteroatoms. The van der Waals surface area contributed by atoms with Crippen molar-refractivity contribution in [2.24, 2.45) is 5.84 Å². The Balaban J connectivity index is 2.39. The molecule has 0 spiro atoms. The van der Waals surface area contributed by atoms with E-state index in [2.05, 4.69) is 9.97 Å². The molecule has 0 unspecified atom stereocenters. The Bertz CT molecular complexity index is 1390. The zero-order chi connectivity index (χ0) is 26.3. The van der Waals surface area contributed by atoms with E-state index in [1.54, 1.807) is 0 Å². The van der Waals surface area contributed by atoms with E-state index < -0.39 is 55.2 Å². The molecule has 35 heavy (non-hydrogen) atoms. The molecule has 3 rings (SSSR count). The minimum atomic E-state index is -5.57. The summed E-state index contributed by atoms with van der Waals surface area (Å²) in [5.41, 5.74) is -0.663. The predicted molar refractivity (Wildman–Crippen MR) is 114 cm³/mol. The van der Waals surface area contributed by atoms with Crippen molar-refractivity contribution < 1.29 is 39.6 Å². The van der Waals surface area contributed by atoms with Gasteiger partial charge in [-0.3, -0.25) is 4.79 Å². The van der Waals surface area contributed by atoms with E-state index in [9.17, 15) is 39.6 Å². The first kappa shape index (κ1) is 26.4. The van der Waals surface area contributed by atoms with Crippen molar-refractivity contribution in [3.05, 3.63) is 59.5 Å². The SMILES string of the molecule is CS(=O)(=O)c1c(-c2ccc(Cl)cc2)cccc1-c1cnc(C(F)(F)F)nc1N(N)C(=O)C(F)(F)F. The first-order chi connectivity index (χ1) is 16.0. The Kier molecular flexibility index (Phi) is 6.85. The van der Waals surface area contributed by atoms with Gasteiger partial charge in [0.05, 0.1) is 4.90 Å². The van der Waals surface area contributed by atoms with Crippen molar-refractivity contribution >= 4 is 33.2 Å². The number of benzene rings is 2. The number of carbonyl (C=O) groups is 1. The average Bonchev–Trinajstić information content (AvgIpc) is 2.76. The van der Waals surface area contributed by atoms with Gasteiger partial charge in [-0.25, -0.2) is 29.2 Å². The van der Waals surface area contributed by atoms with Crippen LogP contribution in [0.15, 0.2) is 53.6 Å². The molecule has 0 bridgehead atoms. The maximum absolute atomic E-state index is 13.2. The summed E-state index contributed by atoms with van der Waals surface area (Å²) >= 11 is 5.86. The Labute approximate surface area is 199 Å².